The molecule has 1 aliphatic rings. The van der Waals surface area contributed by atoms with E-state index in [1.807, 2.05) is 12.1 Å². The van der Waals surface area contributed by atoms with Gasteiger partial charge in [-0.2, -0.15) is 0 Å². The third-order valence-electron chi connectivity index (χ3n) is 7.04. The second-order valence-electron chi connectivity index (χ2n) is 9.96. The standard InChI is InChI=1S/C34H26FN3O5S/c1-3-42-33(41)23-9-7-8-22(18-23)27-17-16-26(43-27)19-28-32(40)38-30(21-12-14-24(35)15-13-21)29(20(2)36-34(38)44-28)31(39)37-25-10-5-4-6-11-25/h4-19,30H,3H2,1-2H3,(H,37,39)/b28-19-. The maximum Gasteiger partial charge on any atom is 0.338 e. The minimum atomic E-state index is -0.838. The number of benzene rings is 3. The van der Waals surface area contributed by atoms with Crippen LogP contribution in [0.25, 0.3) is 17.4 Å². The third kappa shape index (κ3) is 5.67. The smallest absolute Gasteiger partial charge is 0.338 e. The van der Waals surface area contributed by atoms with E-state index in [0.717, 1.165) is 11.3 Å². The van der Waals surface area contributed by atoms with Gasteiger partial charge in [0.1, 0.15) is 17.3 Å². The van der Waals surface area contributed by atoms with Gasteiger partial charge in [-0.3, -0.25) is 14.2 Å². The number of nitrogens with one attached hydrogen (secondary N) is 1. The zero-order chi connectivity index (χ0) is 30.8. The summed E-state index contributed by atoms with van der Waals surface area (Å²) in [4.78, 5) is 44.8. The van der Waals surface area contributed by atoms with Crippen molar-refractivity contribution >= 4 is 35.0 Å². The van der Waals surface area contributed by atoms with Gasteiger partial charge in [-0.1, -0.05) is 53.8 Å². The Labute approximate surface area is 255 Å². The molecule has 220 valence electrons. The van der Waals surface area contributed by atoms with Crippen molar-refractivity contribution in [3.8, 4) is 11.3 Å². The summed E-state index contributed by atoms with van der Waals surface area (Å²) in [5, 5.41) is 2.89. The van der Waals surface area contributed by atoms with Gasteiger partial charge in [0.15, 0.2) is 4.80 Å². The summed E-state index contributed by atoms with van der Waals surface area (Å²) in [6.07, 6.45) is 1.62. The van der Waals surface area contributed by atoms with E-state index in [2.05, 4.69) is 10.3 Å². The molecule has 1 aliphatic heterocycles. The molecule has 1 atom stereocenters. The lowest BCUT2D eigenvalue weighted by Gasteiger charge is -2.25. The number of ether oxygens (including phenoxy) is 1. The van der Waals surface area contributed by atoms with E-state index in [1.165, 1.54) is 16.7 Å². The summed E-state index contributed by atoms with van der Waals surface area (Å²) in [5.74, 6) is -0.344. The van der Waals surface area contributed by atoms with Crippen LogP contribution in [0.1, 0.15) is 41.6 Å². The first-order valence-corrected chi connectivity index (χ1v) is 14.7. The summed E-state index contributed by atoms with van der Waals surface area (Å²) in [7, 11) is 0. The molecule has 0 spiro atoms. The predicted molar refractivity (Wildman–Crippen MR) is 165 cm³/mol. The molecule has 5 aromatic rings. The van der Waals surface area contributed by atoms with Gasteiger partial charge in [-0.05, 0) is 67.9 Å². The highest BCUT2D eigenvalue weighted by Gasteiger charge is 2.32. The number of carbonyl (C=O) groups excluding carboxylic acids is 2. The number of furan rings is 1. The number of fused-ring (bicyclic) bond motifs is 1. The number of thiazole rings is 1. The molecule has 1 amide bonds. The van der Waals surface area contributed by atoms with Gasteiger partial charge in [0.2, 0.25) is 0 Å². The molecule has 6 rings (SSSR count). The maximum absolute atomic E-state index is 13.9. The fourth-order valence-electron chi connectivity index (χ4n) is 5.02. The van der Waals surface area contributed by atoms with Crippen LogP contribution in [-0.2, 0) is 9.53 Å². The summed E-state index contributed by atoms with van der Waals surface area (Å²) in [6.45, 7) is 3.73. The first kappa shape index (κ1) is 28.8. The van der Waals surface area contributed by atoms with Crippen molar-refractivity contribution in [2.24, 2.45) is 4.99 Å². The number of hydrogen-bond acceptors (Lipinski definition) is 7. The molecule has 0 saturated heterocycles. The number of anilines is 1. The van der Waals surface area contributed by atoms with Crippen molar-refractivity contribution in [2.45, 2.75) is 19.9 Å². The number of hydrogen-bond donors (Lipinski definition) is 1. The number of carbonyl (C=O) groups is 2. The highest BCUT2D eigenvalue weighted by atomic mass is 32.1. The zero-order valence-corrected chi connectivity index (χ0v) is 24.6. The lowest BCUT2D eigenvalue weighted by Crippen LogP contribution is -2.40. The summed E-state index contributed by atoms with van der Waals surface area (Å²) >= 11 is 1.16. The Morgan fingerprint density at radius 3 is 2.57 bits per heavy atom. The van der Waals surface area contributed by atoms with Crippen LogP contribution >= 0.6 is 11.3 Å². The van der Waals surface area contributed by atoms with E-state index in [1.54, 1.807) is 86.7 Å². The van der Waals surface area contributed by atoms with Crippen molar-refractivity contribution in [1.29, 1.82) is 0 Å². The molecule has 10 heteroatoms. The lowest BCUT2D eigenvalue weighted by atomic mass is 9.95. The molecule has 2 aromatic heterocycles. The molecule has 3 aromatic carbocycles. The summed E-state index contributed by atoms with van der Waals surface area (Å²) < 4.78 is 26.8. The van der Waals surface area contributed by atoms with Gasteiger partial charge in [-0.25, -0.2) is 14.2 Å². The molecule has 0 radical (unpaired) electrons. The first-order chi connectivity index (χ1) is 21.3. The van der Waals surface area contributed by atoms with Crippen LogP contribution in [0.5, 0.6) is 0 Å². The van der Waals surface area contributed by atoms with Crippen molar-refractivity contribution in [3.63, 3.8) is 0 Å². The Balaban J connectivity index is 1.40. The minimum Gasteiger partial charge on any atom is -0.462 e. The van der Waals surface area contributed by atoms with E-state index < -0.39 is 23.7 Å². The predicted octanol–water partition coefficient (Wildman–Crippen LogP) is 5.45. The van der Waals surface area contributed by atoms with Crippen LogP contribution in [0.15, 0.2) is 116 Å². The Morgan fingerprint density at radius 1 is 1.05 bits per heavy atom. The average Bonchev–Trinajstić information content (AvgIpc) is 3.61. The van der Waals surface area contributed by atoms with Crippen molar-refractivity contribution in [2.75, 3.05) is 11.9 Å². The molecule has 1 unspecified atom stereocenters. The monoisotopic (exact) mass is 607 g/mol. The molecule has 1 N–H and O–H groups in total. The van der Waals surface area contributed by atoms with Gasteiger partial charge in [-0.15, -0.1) is 0 Å². The van der Waals surface area contributed by atoms with Crippen molar-refractivity contribution in [1.82, 2.24) is 4.57 Å². The summed E-state index contributed by atoms with van der Waals surface area (Å²) in [5.41, 5.74) is 2.59. The van der Waals surface area contributed by atoms with Crippen molar-refractivity contribution < 1.29 is 23.1 Å². The molecule has 0 saturated carbocycles. The molecule has 3 heterocycles. The molecular weight excluding hydrogens is 581 g/mol. The fraction of sp³-hybridized carbons (Fsp3) is 0.118. The SMILES string of the molecule is CCOC(=O)c1cccc(-c2ccc(/C=c3\sc4n(c3=O)C(c3ccc(F)cc3)C(C(=O)Nc3ccccc3)=C(C)N=4)o2)c1. The lowest BCUT2D eigenvalue weighted by molar-refractivity contribution is -0.113. The van der Waals surface area contributed by atoms with E-state index in [-0.39, 0.29) is 17.7 Å². The second-order valence-corrected chi connectivity index (χ2v) is 11.0. The van der Waals surface area contributed by atoms with Gasteiger partial charge in [0.05, 0.1) is 34.0 Å². The van der Waals surface area contributed by atoms with Gasteiger partial charge in [0.25, 0.3) is 11.5 Å². The van der Waals surface area contributed by atoms with Crippen LogP contribution in [0, 0.1) is 5.82 Å². The van der Waals surface area contributed by atoms with E-state index >= 15 is 0 Å². The molecule has 0 aliphatic carbocycles. The molecule has 8 nitrogen and oxygen atoms in total. The van der Waals surface area contributed by atoms with Crippen LogP contribution < -0.4 is 20.2 Å². The normalized spacial score (nSPS) is 14.6. The Hall–Kier alpha value is -5.35. The van der Waals surface area contributed by atoms with Gasteiger partial charge >= 0.3 is 5.97 Å². The summed E-state index contributed by atoms with van der Waals surface area (Å²) in [6, 6.07) is 24.3. The highest BCUT2D eigenvalue weighted by molar-refractivity contribution is 7.07. The fourth-order valence-corrected chi connectivity index (χ4v) is 6.05. The molecule has 0 bridgehead atoms. The molecule has 44 heavy (non-hydrogen) atoms. The number of aromatic nitrogens is 1. The van der Waals surface area contributed by atoms with Crippen LogP contribution in [-0.4, -0.2) is 23.1 Å². The molecule has 0 fully saturated rings. The number of para-hydroxylation sites is 1. The van der Waals surface area contributed by atoms with Gasteiger partial charge < -0.3 is 14.5 Å². The quantitative estimate of drug-likeness (QED) is 0.248. The van der Waals surface area contributed by atoms with E-state index in [4.69, 9.17) is 9.15 Å². The Bertz CT molecular complexity index is 2090. The highest BCUT2D eigenvalue weighted by Crippen LogP contribution is 2.31. The number of halogens is 1. The zero-order valence-electron chi connectivity index (χ0n) is 23.7. The minimum absolute atomic E-state index is 0.270. The Kier molecular flexibility index (Phi) is 7.91. The third-order valence-corrected chi connectivity index (χ3v) is 8.03. The van der Waals surface area contributed by atoms with Gasteiger partial charge in [0, 0.05) is 17.3 Å². The average molecular weight is 608 g/mol. The maximum atomic E-state index is 13.9. The van der Waals surface area contributed by atoms with Crippen LogP contribution in [0.4, 0.5) is 10.1 Å². The largest absolute Gasteiger partial charge is 0.462 e. The number of nitrogens with zero attached hydrogens (tertiary/aromatic N) is 2. The molecular formula is C34H26FN3O5S. The van der Waals surface area contributed by atoms with Crippen molar-refractivity contribution in [3.05, 3.63) is 145 Å². The van der Waals surface area contributed by atoms with E-state index in [0.29, 0.717) is 48.9 Å². The topological polar surface area (TPSA) is 103 Å². The first-order valence-electron chi connectivity index (χ1n) is 13.8. The number of rotatable bonds is 7. The number of allylic oxidation sites excluding steroid dienone is 1. The Morgan fingerprint density at radius 2 is 1.82 bits per heavy atom. The van der Waals surface area contributed by atoms with E-state index in [9.17, 15) is 18.8 Å². The number of esters is 1. The number of amides is 1. The second kappa shape index (κ2) is 12.1. The van der Waals surface area contributed by atoms with Crippen LogP contribution in [0.3, 0.4) is 0 Å². The van der Waals surface area contributed by atoms with Crippen LogP contribution in [0.2, 0.25) is 0 Å².